The van der Waals surface area contributed by atoms with Gasteiger partial charge in [0.25, 0.3) is 0 Å². The van der Waals surface area contributed by atoms with Crippen LogP contribution in [0.25, 0.3) is 10.9 Å². The molecule has 1 aromatic carbocycles. The summed E-state index contributed by atoms with van der Waals surface area (Å²) in [7, 11) is 0. The smallest absolute Gasteiger partial charge is 0.314 e. The number of rotatable bonds is 2. The van der Waals surface area contributed by atoms with Crippen LogP contribution in [0.15, 0.2) is 36.5 Å². The van der Waals surface area contributed by atoms with E-state index in [0.29, 0.717) is 0 Å². The van der Waals surface area contributed by atoms with Gasteiger partial charge in [0.05, 0.1) is 10.9 Å². The first-order valence-electron chi connectivity index (χ1n) is 6.31. The molecule has 0 aliphatic heterocycles. The van der Waals surface area contributed by atoms with Gasteiger partial charge >= 0.3 is 5.97 Å². The third-order valence-corrected chi connectivity index (χ3v) is 4.01. The maximum atomic E-state index is 11.6. The maximum Gasteiger partial charge on any atom is 0.314 e. The van der Waals surface area contributed by atoms with Crippen molar-refractivity contribution >= 4 is 16.9 Å². The van der Waals surface area contributed by atoms with Gasteiger partial charge < -0.3 is 5.11 Å². The maximum absolute atomic E-state index is 11.6. The quantitative estimate of drug-likeness (QED) is 0.878. The Morgan fingerprint density at radius 1 is 1.22 bits per heavy atom. The Kier molecular flexibility index (Phi) is 2.54. The van der Waals surface area contributed by atoms with Crippen molar-refractivity contribution in [1.29, 1.82) is 0 Å². The third-order valence-electron chi connectivity index (χ3n) is 4.01. The number of hydrogen-bond donors (Lipinski definition) is 1. The van der Waals surface area contributed by atoms with Gasteiger partial charge in [0.1, 0.15) is 0 Å². The van der Waals surface area contributed by atoms with Gasteiger partial charge in [-0.25, -0.2) is 0 Å². The molecule has 3 nitrogen and oxygen atoms in total. The van der Waals surface area contributed by atoms with Crippen LogP contribution >= 0.6 is 0 Å². The van der Waals surface area contributed by atoms with Crippen LogP contribution in [0.3, 0.4) is 0 Å². The van der Waals surface area contributed by atoms with Gasteiger partial charge in [0, 0.05) is 11.6 Å². The SMILES string of the molecule is O=C(O)C1(c2cnc3ccccc3c2)CCCC1. The number of fused-ring (bicyclic) bond motifs is 1. The van der Waals surface area contributed by atoms with E-state index in [1.54, 1.807) is 6.20 Å². The average molecular weight is 241 g/mol. The highest BCUT2D eigenvalue weighted by Crippen LogP contribution is 2.41. The predicted molar refractivity (Wildman–Crippen MR) is 69.5 cm³/mol. The van der Waals surface area contributed by atoms with Crippen molar-refractivity contribution in [1.82, 2.24) is 4.98 Å². The van der Waals surface area contributed by atoms with Crippen LogP contribution in [-0.2, 0) is 10.2 Å². The van der Waals surface area contributed by atoms with Gasteiger partial charge in [0.15, 0.2) is 0 Å². The standard InChI is InChI=1S/C15H15NO2/c17-14(18)15(7-3-4-8-15)12-9-11-5-1-2-6-13(11)16-10-12/h1-2,5-6,9-10H,3-4,7-8H2,(H,17,18). The van der Waals surface area contributed by atoms with E-state index in [0.717, 1.165) is 42.1 Å². The van der Waals surface area contributed by atoms with Crippen molar-refractivity contribution in [3.63, 3.8) is 0 Å². The van der Waals surface area contributed by atoms with Gasteiger partial charge in [0.2, 0.25) is 0 Å². The second-order valence-corrected chi connectivity index (χ2v) is 5.01. The summed E-state index contributed by atoms with van der Waals surface area (Å²) in [5.41, 5.74) is 1.06. The van der Waals surface area contributed by atoms with Crippen molar-refractivity contribution < 1.29 is 9.90 Å². The van der Waals surface area contributed by atoms with Gasteiger partial charge in [-0.15, -0.1) is 0 Å². The van der Waals surface area contributed by atoms with Crippen LogP contribution in [0, 0.1) is 0 Å². The molecular formula is C15H15NO2. The van der Waals surface area contributed by atoms with Gasteiger partial charge in [-0.2, -0.15) is 0 Å². The molecular weight excluding hydrogens is 226 g/mol. The van der Waals surface area contributed by atoms with E-state index in [-0.39, 0.29) is 0 Å². The fourth-order valence-electron chi connectivity index (χ4n) is 2.94. The number of aromatic nitrogens is 1. The van der Waals surface area contributed by atoms with E-state index in [1.165, 1.54) is 0 Å². The van der Waals surface area contributed by atoms with Gasteiger partial charge in [-0.3, -0.25) is 9.78 Å². The zero-order chi connectivity index (χ0) is 12.6. The van der Waals surface area contributed by atoms with E-state index in [4.69, 9.17) is 0 Å². The summed E-state index contributed by atoms with van der Waals surface area (Å²) in [5.74, 6) is -0.711. The topological polar surface area (TPSA) is 50.2 Å². The molecule has 1 aromatic heterocycles. The normalized spacial score (nSPS) is 18.0. The Balaban J connectivity index is 2.15. The fourth-order valence-corrected chi connectivity index (χ4v) is 2.94. The van der Waals surface area contributed by atoms with E-state index in [1.807, 2.05) is 30.3 Å². The zero-order valence-electron chi connectivity index (χ0n) is 10.1. The second-order valence-electron chi connectivity index (χ2n) is 5.01. The highest BCUT2D eigenvalue weighted by molar-refractivity contribution is 5.85. The number of nitrogens with zero attached hydrogens (tertiary/aromatic N) is 1. The summed E-state index contributed by atoms with van der Waals surface area (Å²) in [6, 6.07) is 9.81. The summed E-state index contributed by atoms with van der Waals surface area (Å²) in [6.45, 7) is 0. The van der Waals surface area contributed by atoms with Crippen LogP contribution in [0.4, 0.5) is 0 Å². The Hall–Kier alpha value is -1.90. The van der Waals surface area contributed by atoms with Gasteiger partial charge in [-0.1, -0.05) is 31.0 Å². The molecule has 0 amide bonds. The molecule has 1 fully saturated rings. The monoisotopic (exact) mass is 241 g/mol. The molecule has 0 spiro atoms. The van der Waals surface area contributed by atoms with E-state index >= 15 is 0 Å². The van der Waals surface area contributed by atoms with Crippen molar-refractivity contribution in [2.24, 2.45) is 0 Å². The average Bonchev–Trinajstić information content (AvgIpc) is 2.89. The molecule has 1 aliphatic rings. The van der Waals surface area contributed by atoms with Crippen LogP contribution in [0.5, 0.6) is 0 Å². The van der Waals surface area contributed by atoms with Crippen LogP contribution in [0.2, 0.25) is 0 Å². The van der Waals surface area contributed by atoms with Crippen LogP contribution < -0.4 is 0 Å². The van der Waals surface area contributed by atoms with Crippen LogP contribution in [-0.4, -0.2) is 16.1 Å². The number of aliphatic carboxylic acids is 1. The molecule has 0 radical (unpaired) electrons. The van der Waals surface area contributed by atoms with Crippen molar-refractivity contribution in [3.8, 4) is 0 Å². The lowest BCUT2D eigenvalue weighted by Crippen LogP contribution is -2.32. The molecule has 0 bridgehead atoms. The Morgan fingerprint density at radius 3 is 2.67 bits per heavy atom. The molecule has 1 heterocycles. The highest BCUT2D eigenvalue weighted by atomic mass is 16.4. The first-order chi connectivity index (χ1) is 8.72. The fraction of sp³-hybridized carbons (Fsp3) is 0.333. The number of pyridine rings is 1. The molecule has 92 valence electrons. The summed E-state index contributed by atoms with van der Waals surface area (Å²) in [4.78, 5) is 16.0. The molecule has 3 rings (SSSR count). The summed E-state index contributed by atoms with van der Waals surface area (Å²) >= 11 is 0. The Labute approximate surface area is 105 Å². The highest BCUT2D eigenvalue weighted by Gasteiger charge is 2.43. The summed E-state index contributed by atoms with van der Waals surface area (Å²) in [6.07, 6.45) is 5.16. The number of para-hydroxylation sites is 1. The largest absolute Gasteiger partial charge is 0.481 e. The number of carboxylic acid groups (broad SMARTS) is 1. The molecule has 1 aliphatic carbocycles. The molecule has 3 heteroatoms. The lowest BCUT2D eigenvalue weighted by molar-refractivity contribution is -0.143. The molecule has 0 unspecified atom stereocenters. The Bertz CT molecular complexity index is 600. The predicted octanol–water partition coefficient (Wildman–Crippen LogP) is 3.13. The van der Waals surface area contributed by atoms with E-state index in [2.05, 4.69) is 4.98 Å². The van der Waals surface area contributed by atoms with Crippen LogP contribution in [0.1, 0.15) is 31.2 Å². The first kappa shape index (κ1) is 11.2. The molecule has 2 aromatic rings. The summed E-state index contributed by atoms with van der Waals surface area (Å²) < 4.78 is 0. The van der Waals surface area contributed by atoms with E-state index < -0.39 is 11.4 Å². The second kappa shape index (κ2) is 4.09. The lowest BCUT2D eigenvalue weighted by atomic mass is 9.79. The van der Waals surface area contributed by atoms with Crippen molar-refractivity contribution in [2.75, 3.05) is 0 Å². The van der Waals surface area contributed by atoms with Crippen molar-refractivity contribution in [3.05, 3.63) is 42.1 Å². The molecule has 1 saturated carbocycles. The minimum absolute atomic E-state index is 0.711. The zero-order valence-corrected chi connectivity index (χ0v) is 10.1. The number of carboxylic acids is 1. The minimum Gasteiger partial charge on any atom is -0.481 e. The minimum atomic E-state index is -0.711. The number of hydrogen-bond acceptors (Lipinski definition) is 2. The Morgan fingerprint density at radius 2 is 1.94 bits per heavy atom. The number of carbonyl (C=O) groups is 1. The van der Waals surface area contributed by atoms with Crippen molar-refractivity contribution in [2.45, 2.75) is 31.1 Å². The van der Waals surface area contributed by atoms with Gasteiger partial charge in [-0.05, 0) is 30.5 Å². The molecule has 0 atom stereocenters. The molecule has 1 N–H and O–H groups in total. The first-order valence-corrected chi connectivity index (χ1v) is 6.31. The number of benzene rings is 1. The summed E-state index contributed by atoms with van der Waals surface area (Å²) in [5, 5.41) is 10.6. The van der Waals surface area contributed by atoms with E-state index in [9.17, 15) is 9.90 Å². The molecule has 0 saturated heterocycles. The third kappa shape index (κ3) is 1.58. The molecule has 18 heavy (non-hydrogen) atoms. The lowest BCUT2D eigenvalue weighted by Gasteiger charge is -2.24.